The van der Waals surface area contributed by atoms with Gasteiger partial charge < -0.3 is 5.73 Å². The van der Waals surface area contributed by atoms with Crippen LogP contribution in [0.1, 0.15) is 69.9 Å². The lowest BCUT2D eigenvalue weighted by Crippen LogP contribution is -2.46. The lowest BCUT2D eigenvalue weighted by atomic mass is 9.62. The maximum atomic E-state index is 6.51. The maximum absolute atomic E-state index is 6.51. The molecule has 4 atom stereocenters. The van der Waals surface area contributed by atoms with Crippen LogP contribution in [0.25, 0.3) is 0 Å². The number of nitrogens with two attached hydrogens (primary N) is 1. The van der Waals surface area contributed by atoms with Gasteiger partial charge in [0.25, 0.3) is 0 Å². The van der Waals surface area contributed by atoms with Crippen LogP contribution < -0.4 is 5.73 Å². The monoisotopic (exact) mass is 271 g/mol. The minimum absolute atomic E-state index is 0.247. The molecule has 2 bridgehead atoms. The van der Waals surface area contributed by atoms with Crippen LogP contribution in [0, 0.1) is 11.8 Å². The van der Waals surface area contributed by atoms with E-state index >= 15 is 0 Å². The van der Waals surface area contributed by atoms with Crippen LogP contribution in [0.5, 0.6) is 0 Å². The number of hydrogen-bond donors (Lipinski definition) is 1. The smallest absolute Gasteiger partial charge is 0.0101 e. The van der Waals surface area contributed by atoms with Gasteiger partial charge in [-0.2, -0.15) is 0 Å². The van der Waals surface area contributed by atoms with Crippen molar-refractivity contribution in [3.8, 4) is 0 Å². The second-order valence-corrected chi connectivity index (χ2v) is 7.99. The Morgan fingerprint density at radius 3 is 2.30 bits per heavy atom. The summed E-state index contributed by atoms with van der Waals surface area (Å²) >= 11 is 0. The summed E-state index contributed by atoms with van der Waals surface area (Å²) in [6, 6.07) is 9.84. The molecule has 2 aliphatic rings. The van der Waals surface area contributed by atoms with Crippen molar-refractivity contribution in [2.75, 3.05) is 0 Å². The average Bonchev–Trinajstić information content (AvgIpc) is 2.38. The van der Waals surface area contributed by atoms with E-state index in [1.807, 2.05) is 0 Å². The molecule has 1 nitrogen and oxygen atoms in total. The Bertz CT molecular complexity index is 454. The van der Waals surface area contributed by atoms with E-state index in [4.69, 9.17) is 5.73 Å². The zero-order valence-electron chi connectivity index (χ0n) is 13.2. The van der Waals surface area contributed by atoms with E-state index in [0.29, 0.717) is 12.0 Å². The Balaban J connectivity index is 1.82. The van der Waals surface area contributed by atoms with E-state index in [1.54, 1.807) is 0 Å². The molecule has 20 heavy (non-hydrogen) atoms. The van der Waals surface area contributed by atoms with Gasteiger partial charge >= 0.3 is 0 Å². The maximum Gasteiger partial charge on any atom is 0.0101 e. The Labute approximate surface area is 124 Å². The van der Waals surface area contributed by atoms with Crippen LogP contribution in [-0.4, -0.2) is 6.04 Å². The highest BCUT2D eigenvalue weighted by Crippen LogP contribution is 2.47. The van der Waals surface area contributed by atoms with Gasteiger partial charge in [0.15, 0.2) is 0 Å². The van der Waals surface area contributed by atoms with Gasteiger partial charge in [0.2, 0.25) is 0 Å². The Morgan fingerprint density at radius 1 is 0.950 bits per heavy atom. The molecule has 0 aliphatic heterocycles. The highest BCUT2D eigenvalue weighted by Gasteiger charge is 2.40. The SMILES string of the molecule is CC(C)(C)c1ccc(C2CCC3CCC[C@@H]2[C@@H]3N)cc1. The fraction of sp³-hybridized carbons (Fsp3) is 0.684. The number of rotatable bonds is 1. The van der Waals surface area contributed by atoms with Crippen molar-refractivity contribution < 1.29 is 0 Å². The largest absolute Gasteiger partial charge is 0.327 e. The van der Waals surface area contributed by atoms with Gasteiger partial charge in [-0.15, -0.1) is 0 Å². The van der Waals surface area contributed by atoms with Crippen LogP contribution in [0.2, 0.25) is 0 Å². The number of benzene rings is 1. The zero-order valence-corrected chi connectivity index (χ0v) is 13.2. The van der Waals surface area contributed by atoms with Gasteiger partial charge in [0.05, 0.1) is 0 Å². The van der Waals surface area contributed by atoms with E-state index in [9.17, 15) is 0 Å². The first-order chi connectivity index (χ1) is 9.47. The summed E-state index contributed by atoms with van der Waals surface area (Å²) in [6.07, 6.45) is 6.78. The second kappa shape index (κ2) is 5.18. The first-order valence-electron chi connectivity index (χ1n) is 8.33. The Morgan fingerprint density at radius 2 is 1.65 bits per heavy atom. The summed E-state index contributed by atoms with van der Waals surface area (Å²) in [6.45, 7) is 6.85. The van der Waals surface area contributed by atoms with Crippen LogP contribution in [0.4, 0.5) is 0 Å². The van der Waals surface area contributed by atoms with Gasteiger partial charge in [0, 0.05) is 6.04 Å². The molecule has 1 aromatic carbocycles. The predicted octanol–water partition coefficient (Wildman–Crippen LogP) is 4.61. The molecule has 3 rings (SSSR count). The van der Waals surface area contributed by atoms with Crippen LogP contribution >= 0.6 is 0 Å². The third-order valence-electron chi connectivity index (χ3n) is 5.72. The van der Waals surface area contributed by atoms with E-state index < -0.39 is 0 Å². The van der Waals surface area contributed by atoms with Crippen molar-refractivity contribution in [3.63, 3.8) is 0 Å². The van der Waals surface area contributed by atoms with Gasteiger partial charge in [-0.1, -0.05) is 51.5 Å². The van der Waals surface area contributed by atoms with Crippen molar-refractivity contribution in [1.82, 2.24) is 0 Å². The van der Waals surface area contributed by atoms with Gasteiger partial charge in [-0.3, -0.25) is 0 Å². The van der Waals surface area contributed by atoms with Crippen LogP contribution in [0.3, 0.4) is 0 Å². The van der Waals surface area contributed by atoms with Gasteiger partial charge in [-0.25, -0.2) is 0 Å². The highest BCUT2D eigenvalue weighted by atomic mass is 14.7. The van der Waals surface area contributed by atoms with E-state index in [-0.39, 0.29) is 5.41 Å². The molecule has 0 spiro atoms. The fourth-order valence-corrected chi connectivity index (χ4v) is 4.41. The zero-order chi connectivity index (χ0) is 14.3. The molecule has 1 aromatic rings. The molecule has 2 unspecified atom stereocenters. The summed E-state index contributed by atoms with van der Waals surface area (Å²) < 4.78 is 0. The molecule has 2 N–H and O–H groups in total. The van der Waals surface area contributed by atoms with Crippen LogP contribution in [0.15, 0.2) is 24.3 Å². The molecule has 2 saturated carbocycles. The molecule has 2 aliphatic carbocycles. The summed E-state index contributed by atoms with van der Waals surface area (Å²) in [5, 5.41) is 0. The lowest BCUT2D eigenvalue weighted by molar-refractivity contribution is 0.128. The first-order valence-corrected chi connectivity index (χ1v) is 8.33. The Hall–Kier alpha value is -0.820. The van der Waals surface area contributed by atoms with Crippen molar-refractivity contribution in [2.45, 2.75) is 70.3 Å². The Kier molecular flexibility index (Phi) is 3.66. The molecule has 2 fully saturated rings. The minimum atomic E-state index is 0.247. The quantitative estimate of drug-likeness (QED) is 0.793. The molecule has 0 aromatic heterocycles. The lowest BCUT2D eigenvalue weighted by Gasteiger charge is -2.45. The molecule has 0 saturated heterocycles. The molecular formula is C19H29N. The van der Waals surface area contributed by atoms with Gasteiger partial charge in [-0.05, 0) is 60.0 Å². The van der Waals surface area contributed by atoms with Crippen molar-refractivity contribution in [1.29, 1.82) is 0 Å². The van der Waals surface area contributed by atoms with Crippen molar-refractivity contribution in [3.05, 3.63) is 35.4 Å². The normalized spacial score (nSPS) is 34.0. The fourth-order valence-electron chi connectivity index (χ4n) is 4.41. The second-order valence-electron chi connectivity index (χ2n) is 7.99. The van der Waals surface area contributed by atoms with Crippen molar-refractivity contribution in [2.24, 2.45) is 17.6 Å². The molecule has 0 amide bonds. The summed E-state index contributed by atoms with van der Waals surface area (Å²) in [5.74, 6) is 2.23. The summed E-state index contributed by atoms with van der Waals surface area (Å²) in [4.78, 5) is 0. The summed E-state index contributed by atoms with van der Waals surface area (Å²) in [5.41, 5.74) is 9.72. The molecule has 0 radical (unpaired) electrons. The van der Waals surface area contributed by atoms with Gasteiger partial charge in [0.1, 0.15) is 0 Å². The number of fused-ring (bicyclic) bond motifs is 2. The summed E-state index contributed by atoms with van der Waals surface area (Å²) in [7, 11) is 0. The molecule has 0 heterocycles. The topological polar surface area (TPSA) is 26.0 Å². The standard InChI is InChI=1S/C19H29N/c1-19(2,3)15-10-7-13(8-11-15)16-12-9-14-5-4-6-17(16)18(14)20/h7-8,10-11,14,16-18H,4-6,9,12,20H2,1-3H3/t14?,16?,17-,18+/m0/s1. The molecule has 110 valence electrons. The minimum Gasteiger partial charge on any atom is -0.327 e. The van der Waals surface area contributed by atoms with E-state index in [2.05, 4.69) is 45.0 Å². The third-order valence-corrected chi connectivity index (χ3v) is 5.72. The number of hydrogen-bond acceptors (Lipinski definition) is 1. The van der Waals surface area contributed by atoms with Crippen molar-refractivity contribution >= 4 is 0 Å². The predicted molar refractivity (Wildman–Crippen MR) is 85.9 cm³/mol. The highest BCUT2D eigenvalue weighted by molar-refractivity contribution is 5.30. The third kappa shape index (κ3) is 2.53. The molecule has 1 heteroatoms. The molecular weight excluding hydrogens is 242 g/mol. The average molecular weight is 271 g/mol. The van der Waals surface area contributed by atoms with Crippen LogP contribution in [-0.2, 0) is 5.41 Å². The van der Waals surface area contributed by atoms with E-state index in [1.165, 1.54) is 43.2 Å². The first kappa shape index (κ1) is 14.1. The van der Waals surface area contributed by atoms with E-state index in [0.717, 1.165) is 11.8 Å².